The summed E-state index contributed by atoms with van der Waals surface area (Å²) in [5, 5.41) is 19.5. The van der Waals surface area contributed by atoms with Gasteiger partial charge in [0.1, 0.15) is 18.8 Å². The first kappa shape index (κ1) is 16.2. The summed E-state index contributed by atoms with van der Waals surface area (Å²) >= 11 is 2.96. The molecule has 110 valence electrons. The van der Waals surface area contributed by atoms with Gasteiger partial charge in [-0.15, -0.1) is 0 Å². The number of aliphatic carboxylic acids is 1. The molecule has 0 aliphatic carbocycles. The van der Waals surface area contributed by atoms with Crippen LogP contribution in [-0.4, -0.2) is 35.3 Å². The molecule has 0 spiro atoms. The van der Waals surface area contributed by atoms with E-state index < -0.39 is 41.5 Å². The summed E-state index contributed by atoms with van der Waals surface area (Å²) in [5.74, 6) is -1.52. The third kappa shape index (κ3) is 4.68. The highest BCUT2D eigenvalue weighted by Crippen LogP contribution is 2.32. The fraction of sp³-hybridized carbons (Fsp3) is 0.300. The Morgan fingerprint density at radius 3 is 2.50 bits per heavy atom. The number of alkyl halides is 3. The summed E-state index contributed by atoms with van der Waals surface area (Å²) in [7, 11) is 0. The fourth-order valence-corrected chi connectivity index (χ4v) is 1.87. The Morgan fingerprint density at radius 2 is 2.05 bits per heavy atom. The van der Waals surface area contributed by atoms with Crippen LogP contribution < -0.4 is 4.90 Å². The van der Waals surface area contributed by atoms with Crippen LogP contribution in [0.4, 0.5) is 24.5 Å². The lowest BCUT2D eigenvalue weighted by atomic mass is 10.2. The zero-order valence-corrected chi connectivity index (χ0v) is 11.3. The van der Waals surface area contributed by atoms with Crippen molar-refractivity contribution >= 4 is 33.3 Å². The largest absolute Gasteiger partial charge is 0.480 e. The maximum Gasteiger partial charge on any atom is 0.405 e. The van der Waals surface area contributed by atoms with E-state index in [-0.39, 0.29) is 0 Å². The summed E-state index contributed by atoms with van der Waals surface area (Å²) in [6.45, 7) is -2.59. The van der Waals surface area contributed by atoms with Crippen molar-refractivity contribution in [3.05, 3.63) is 32.8 Å². The minimum atomic E-state index is -4.68. The number of benzene rings is 1. The first-order valence-corrected chi connectivity index (χ1v) is 5.87. The van der Waals surface area contributed by atoms with Gasteiger partial charge in [0.05, 0.1) is 4.92 Å². The average molecular weight is 357 g/mol. The van der Waals surface area contributed by atoms with Gasteiger partial charge in [-0.3, -0.25) is 14.9 Å². The van der Waals surface area contributed by atoms with Crippen LogP contribution in [0.15, 0.2) is 22.7 Å². The number of halogens is 4. The number of hydrogen-bond acceptors (Lipinski definition) is 4. The Balaban J connectivity index is 3.25. The molecule has 0 aliphatic rings. The Kier molecular flexibility index (Phi) is 4.93. The molecule has 0 atom stereocenters. The molecule has 1 aromatic rings. The number of nitrogens with zero attached hydrogens (tertiary/aromatic N) is 2. The molecule has 20 heavy (non-hydrogen) atoms. The van der Waals surface area contributed by atoms with Crippen molar-refractivity contribution in [1.29, 1.82) is 0 Å². The normalized spacial score (nSPS) is 11.2. The molecule has 1 rings (SSSR count). The molecule has 0 fully saturated rings. The van der Waals surface area contributed by atoms with Gasteiger partial charge >= 0.3 is 12.1 Å². The monoisotopic (exact) mass is 356 g/mol. The predicted molar refractivity (Wildman–Crippen MR) is 66.7 cm³/mol. The highest BCUT2D eigenvalue weighted by atomic mass is 79.9. The smallest absolute Gasteiger partial charge is 0.405 e. The summed E-state index contributed by atoms with van der Waals surface area (Å²) in [6, 6.07) is 3.38. The molecule has 0 saturated heterocycles. The van der Waals surface area contributed by atoms with Crippen LogP contribution in [0.3, 0.4) is 0 Å². The topological polar surface area (TPSA) is 83.7 Å². The van der Waals surface area contributed by atoms with E-state index in [0.29, 0.717) is 9.37 Å². The van der Waals surface area contributed by atoms with E-state index in [1.165, 1.54) is 6.07 Å². The van der Waals surface area contributed by atoms with Gasteiger partial charge in [-0.05, 0) is 12.1 Å². The number of anilines is 1. The molecule has 0 aromatic heterocycles. The van der Waals surface area contributed by atoms with Gasteiger partial charge in [-0.2, -0.15) is 13.2 Å². The summed E-state index contributed by atoms with van der Waals surface area (Å²) < 4.78 is 37.6. The molecule has 0 radical (unpaired) electrons. The minimum Gasteiger partial charge on any atom is -0.480 e. The minimum absolute atomic E-state index is 0.301. The van der Waals surface area contributed by atoms with Crippen molar-refractivity contribution < 1.29 is 28.0 Å². The zero-order valence-electron chi connectivity index (χ0n) is 9.72. The molecule has 0 amide bonds. The van der Waals surface area contributed by atoms with Crippen molar-refractivity contribution in [3.63, 3.8) is 0 Å². The summed E-state index contributed by atoms with van der Waals surface area (Å²) in [5.41, 5.74) is -1.01. The van der Waals surface area contributed by atoms with E-state index in [1.807, 2.05) is 0 Å². The number of hydrogen-bond donors (Lipinski definition) is 1. The highest BCUT2D eigenvalue weighted by Gasteiger charge is 2.34. The molecular weight excluding hydrogens is 349 g/mol. The van der Waals surface area contributed by atoms with Crippen molar-refractivity contribution in [1.82, 2.24) is 0 Å². The molecule has 0 bridgehead atoms. The first-order chi connectivity index (χ1) is 9.10. The lowest BCUT2D eigenvalue weighted by Crippen LogP contribution is -2.38. The van der Waals surface area contributed by atoms with Crippen molar-refractivity contribution in [2.24, 2.45) is 0 Å². The quantitative estimate of drug-likeness (QED) is 0.647. The van der Waals surface area contributed by atoms with Gasteiger partial charge in [-0.25, -0.2) is 0 Å². The molecule has 0 heterocycles. The van der Waals surface area contributed by atoms with Crippen LogP contribution in [0.25, 0.3) is 0 Å². The summed E-state index contributed by atoms with van der Waals surface area (Å²) in [6.07, 6.45) is -4.68. The SMILES string of the molecule is O=C(O)CN(CC(F)(F)F)c1ccc(Br)cc1[N+](=O)[O-]. The van der Waals surface area contributed by atoms with Crippen LogP contribution in [0, 0.1) is 10.1 Å². The fourth-order valence-electron chi connectivity index (χ4n) is 1.52. The maximum atomic E-state index is 12.4. The third-order valence-electron chi connectivity index (χ3n) is 2.17. The number of nitro groups is 1. The lowest BCUT2D eigenvalue weighted by molar-refractivity contribution is -0.384. The van der Waals surface area contributed by atoms with E-state index >= 15 is 0 Å². The number of carboxylic acid groups (broad SMARTS) is 1. The second kappa shape index (κ2) is 6.07. The van der Waals surface area contributed by atoms with E-state index in [1.54, 1.807) is 0 Å². The number of nitro benzene ring substituents is 1. The molecule has 0 unspecified atom stereocenters. The summed E-state index contributed by atoms with van der Waals surface area (Å²) in [4.78, 5) is 21.0. The van der Waals surface area contributed by atoms with Gasteiger partial charge in [0.2, 0.25) is 0 Å². The van der Waals surface area contributed by atoms with Gasteiger partial charge in [0.15, 0.2) is 0 Å². The molecule has 1 N–H and O–H groups in total. The van der Waals surface area contributed by atoms with Gasteiger partial charge in [0.25, 0.3) is 5.69 Å². The van der Waals surface area contributed by atoms with Gasteiger partial charge in [0, 0.05) is 10.5 Å². The van der Waals surface area contributed by atoms with E-state index in [9.17, 15) is 28.1 Å². The van der Waals surface area contributed by atoms with E-state index in [0.717, 1.165) is 12.1 Å². The Morgan fingerprint density at radius 1 is 1.45 bits per heavy atom. The maximum absolute atomic E-state index is 12.4. The Bertz CT molecular complexity index is 536. The Labute approximate surface area is 119 Å². The van der Waals surface area contributed by atoms with Crippen molar-refractivity contribution in [2.45, 2.75) is 6.18 Å². The molecule has 0 aliphatic heterocycles. The van der Waals surface area contributed by atoms with Gasteiger partial charge in [-0.1, -0.05) is 15.9 Å². The average Bonchev–Trinajstić information content (AvgIpc) is 2.25. The number of carbonyl (C=O) groups is 1. The second-order valence-electron chi connectivity index (χ2n) is 3.76. The molecular formula is C10H8BrF3N2O4. The van der Waals surface area contributed by atoms with E-state index in [4.69, 9.17) is 5.11 Å². The first-order valence-electron chi connectivity index (χ1n) is 5.07. The van der Waals surface area contributed by atoms with E-state index in [2.05, 4.69) is 15.9 Å². The Hall–Kier alpha value is -1.84. The standard InChI is InChI=1S/C10H8BrF3N2O4/c11-6-1-2-7(8(3-6)16(19)20)15(4-9(17)18)5-10(12,13)14/h1-3H,4-5H2,(H,17,18). The third-order valence-corrected chi connectivity index (χ3v) is 2.66. The molecule has 6 nitrogen and oxygen atoms in total. The van der Waals surface area contributed by atoms with Crippen LogP contribution in [-0.2, 0) is 4.79 Å². The van der Waals surface area contributed by atoms with Crippen LogP contribution in [0.2, 0.25) is 0 Å². The second-order valence-corrected chi connectivity index (χ2v) is 4.67. The lowest BCUT2D eigenvalue weighted by Gasteiger charge is -2.23. The molecule has 1 aromatic carbocycles. The molecule has 0 saturated carbocycles. The highest BCUT2D eigenvalue weighted by molar-refractivity contribution is 9.10. The van der Waals surface area contributed by atoms with Crippen LogP contribution >= 0.6 is 15.9 Å². The number of carboxylic acids is 1. The zero-order chi connectivity index (χ0) is 15.5. The molecule has 10 heteroatoms. The van der Waals surface area contributed by atoms with Crippen molar-refractivity contribution in [3.8, 4) is 0 Å². The predicted octanol–water partition coefficient (Wildman–Crippen LogP) is 2.81. The number of rotatable bonds is 5. The van der Waals surface area contributed by atoms with Gasteiger partial charge < -0.3 is 10.0 Å². The van der Waals surface area contributed by atoms with Crippen LogP contribution in [0.1, 0.15) is 0 Å². The van der Waals surface area contributed by atoms with Crippen molar-refractivity contribution in [2.75, 3.05) is 18.0 Å². The van der Waals surface area contributed by atoms with Crippen LogP contribution in [0.5, 0.6) is 0 Å².